The largest absolute Gasteiger partial charge is 0.345 e. The predicted molar refractivity (Wildman–Crippen MR) is 74.6 cm³/mol. The molecule has 2 amide bonds. The van der Waals surface area contributed by atoms with Gasteiger partial charge in [-0.2, -0.15) is 0 Å². The summed E-state index contributed by atoms with van der Waals surface area (Å²) in [7, 11) is 0. The summed E-state index contributed by atoms with van der Waals surface area (Å²) < 4.78 is 26.4. The lowest BCUT2D eigenvalue weighted by molar-refractivity contribution is -0.137. The third kappa shape index (κ3) is 4.00. The first-order chi connectivity index (χ1) is 9.97. The van der Waals surface area contributed by atoms with Crippen molar-refractivity contribution >= 4 is 17.5 Å². The molecule has 2 atom stereocenters. The van der Waals surface area contributed by atoms with Crippen LogP contribution in [0.1, 0.15) is 32.6 Å². The molecule has 1 aliphatic rings. The summed E-state index contributed by atoms with van der Waals surface area (Å²) in [6, 6.07) is 2.62. The summed E-state index contributed by atoms with van der Waals surface area (Å²) in [4.78, 5) is 23.6. The maximum atomic E-state index is 13.4. The fourth-order valence-corrected chi connectivity index (χ4v) is 2.54. The standard InChI is InChI=1S/C15H18F2N2O2/c1-9-4-2-3-5-12(9)18-14(20)15(21)19-13-8-10(16)6-7-11(13)17/h6-9,12H,2-5H2,1H3,(H,18,20)(H,19,21). The Labute approximate surface area is 121 Å². The Balaban J connectivity index is 1.96. The zero-order valence-corrected chi connectivity index (χ0v) is 11.8. The fourth-order valence-electron chi connectivity index (χ4n) is 2.54. The number of amides is 2. The summed E-state index contributed by atoms with van der Waals surface area (Å²) in [5.41, 5.74) is -0.341. The Hall–Kier alpha value is -1.98. The summed E-state index contributed by atoms with van der Waals surface area (Å²) in [5.74, 6) is -2.98. The molecule has 0 bridgehead atoms. The van der Waals surface area contributed by atoms with E-state index < -0.39 is 23.4 Å². The monoisotopic (exact) mass is 296 g/mol. The van der Waals surface area contributed by atoms with Gasteiger partial charge in [0.05, 0.1) is 5.69 Å². The van der Waals surface area contributed by atoms with E-state index in [1.54, 1.807) is 0 Å². The highest BCUT2D eigenvalue weighted by Crippen LogP contribution is 2.23. The molecule has 1 fully saturated rings. The highest BCUT2D eigenvalue weighted by molar-refractivity contribution is 6.39. The van der Waals surface area contributed by atoms with Crippen LogP contribution in [0, 0.1) is 17.6 Å². The minimum absolute atomic E-state index is 0.0469. The minimum Gasteiger partial charge on any atom is -0.345 e. The molecule has 0 aliphatic heterocycles. The molecule has 0 radical (unpaired) electrons. The molecular formula is C15H18F2N2O2. The molecule has 0 saturated heterocycles. The van der Waals surface area contributed by atoms with Crippen LogP contribution in [0.15, 0.2) is 18.2 Å². The van der Waals surface area contributed by atoms with Gasteiger partial charge in [-0.05, 0) is 30.9 Å². The van der Waals surface area contributed by atoms with E-state index in [1.807, 2.05) is 6.92 Å². The summed E-state index contributed by atoms with van der Waals surface area (Å²) >= 11 is 0. The number of benzene rings is 1. The highest BCUT2D eigenvalue weighted by atomic mass is 19.1. The molecule has 4 nitrogen and oxygen atoms in total. The van der Waals surface area contributed by atoms with Crippen molar-refractivity contribution in [1.82, 2.24) is 5.32 Å². The van der Waals surface area contributed by atoms with E-state index in [0.29, 0.717) is 5.92 Å². The van der Waals surface area contributed by atoms with Crippen LogP contribution >= 0.6 is 0 Å². The van der Waals surface area contributed by atoms with Gasteiger partial charge in [0.25, 0.3) is 0 Å². The van der Waals surface area contributed by atoms with Crippen LogP contribution in [0.3, 0.4) is 0 Å². The van der Waals surface area contributed by atoms with E-state index in [1.165, 1.54) is 0 Å². The number of halogens is 2. The number of anilines is 1. The van der Waals surface area contributed by atoms with Gasteiger partial charge in [0, 0.05) is 12.1 Å². The van der Waals surface area contributed by atoms with Crippen LogP contribution in [-0.2, 0) is 9.59 Å². The van der Waals surface area contributed by atoms with Crippen LogP contribution in [0.5, 0.6) is 0 Å². The molecule has 2 unspecified atom stereocenters. The lowest BCUT2D eigenvalue weighted by Crippen LogP contribution is -2.45. The third-order valence-electron chi connectivity index (χ3n) is 3.81. The molecule has 1 aromatic carbocycles. The average Bonchev–Trinajstić information content (AvgIpc) is 2.45. The van der Waals surface area contributed by atoms with E-state index in [2.05, 4.69) is 10.6 Å². The Kier molecular flexibility index (Phi) is 4.88. The van der Waals surface area contributed by atoms with E-state index in [0.717, 1.165) is 43.9 Å². The zero-order chi connectivity index (χ0) is 15.4. The lowest BCUT2D eigenvalue weighted by Gasteiger charge is -2.29. The lowest BCUT2D eigenvalue weighted by atomic mass is 9.86. The number of hydrogen-bond donors (Lipinski definition) is 2. The molecule has 1 aliphatic carbocycles. The topological polar surface area (TPSA) is 58.2 Å². The van der Waals surface area contributed by atoms with Crippen molar-refractivity contribution in [3.63, 3.8) is 0 Å². The molecule has 21 heavy (non-hydrogen) atoms. The molecule has 1 aromatic rings. The SMILES string of the molecule is CC1CCCCC1NC(=O)C(=O)Nc1cc(F)ccc1F. The van der Waals surface area contributed by atoms with E-state index in [-0.39, 0.29) is 11.7 Å². The molecule has 0 aromatic heterocycles. The summed E-state index contributed by atoms with van der Waals surface area (Å²) in [6.45, 7) is 2.02. The first-order valence-corrected chi connectivity index (χ1v) is 7.04. The van der Waals surface area contributed by atoms with Crippen LogP contribution in [0.4, 0.5) is 14.5 Å². The molecule has 6 heteroatoms. The van der Waals surface area contributed by atoms with Gasteiger partial charge in [0.1, 0.15) is 11.6 Å². The van der Waals surface area contributed by atoms with Gasteiger partial charge < -0.3 is 10.6 Å². The summed E-state index contributed by atoms with van der Waals surface area (Å²) in [6.07, 6.45) is 3.96. The first-order valence-electron chi connectivity index (χ1n) is 7.04. The first kappa shape index (κ1) is 15.4. The van der Waals surface area contributed by atoms with E-state index in [9.17, 15) is 18.4 Å². The predicted octanol–water partition coefficient (Wildman–Crippen LogP) is 2.60. The van der Waals surface area contributed by atoms with Crippen molar-refractivity contribution in [2.75, 3.05) is 5.32 Å². The van der Waals surface area contributed by atoms with Gasteiger partial charge in [-0.25, -0.2) is 8.78 Å². The Bertz CT molecular complexity index is 548. The fraction of sp³-hybridized carbons (Fsp3) is 0.467. The van der Waals surface area contributed by atoms with Gasteiger partial charge in [0.15, 0.2) is 0 Å². The number of hydrogen-bond acceptors (Lipinski definition) is 2. The maximum absolute atomic E-state index is 13.4. The van der Waals surface area contributed by atoms with Crippen molar-refractivity contribution in [1.29, 1.82) is 0 Å². The molecular weight excluding hydrogens is 278 g/mol. The molecule has 114 valence electrons. The van der Waals surface area contributed by atoms with Crippen LogP contribution in [0.2, 0.25) is 0 Å². The quantitative estimate of drug-likeness (QED) is 0.824. The number of carbonyl (C=O) groups is 2. The van der Waals surface area contributed by atoms with Gasteiger partial charge >= 0.3 is 11.8 Å². The molecule has 1 saturated carbocycles. The van der Waals surface area contributed by atoms with Gasteiger partial charge in [-0.3, -0.25) is 9.59 Å². The second-order valence-corrected chi connectivity index (χ2v) is 5.42. The molecule has 2 N–H and O–H groups in total. The zero-order valence-electron chi connectivity index (χ0n) is 11.8. The average molecular weight is 296 g/mol. The Morgan fingerprint density at radius 1 is 1.14 bits per heavy atom. The van der Waals surface area contributed by atoms with E-state index in [4.69, 9.17) is 0 Å². The second-order valence-electron chi connectivity index (χ2n) is 5.42. The minimum atomic E-state index is -0.989. The molecule has 0 heterocycles. The number of carbonyl (C=O) groups excluding carboxylic acids is 2. The van der Waals surface area contributed by atoms with Crippen molar-refractivity contribution in [2.24, 2.45) is 5.92 Å². The number of nitrogens with one attached hydrogen (secondary N) is 2. The smallest absolute Gasteiger partial charge is 0.313 e. The normalized spacial score (nSPS) is 21.7. The maximum Gasteiger partial charge on any atom is 0.313 e. The van der Waals surface area contributed by atoms with Gasteiger partial charge in [-0.1, -0.05) is 19.8 Å². The van der Waals surface area contributed by atoms with Crippen LogP contribution in [-0.4, -0.2) is 17.9 Å². The highest BCUT2D eigenvalue weighted by Gasteiger charge is 2.25. The molecule has 2 rings (SSSR count). The third-order valence-corrected chi connectivity index (χ3v) is 3.81. The van der Waals surface area contributed by atoms with Crippen LogP contribution in [0.25, 0.3) is 0 Å². The Morgan fingerprint density at radius 2 is 1.86 bits per heavy atom. The van der Waals surface area contributed by atoms with Gasteiger partial charge in [0.2, 0.25) is 0 Å². The van der Waals surface area contributed by atoms with Crippen molar-refractivity contribution in [3.05, 3.63) is 29.8 Å². The van der Waals surface area contributed by atoms with Crippen molar-refractivity contribution < 1.29 is 18.4 Å². The Morgan fingerprint density at radius 3 is 2.57 bits per heavy atom. The van der Waals surface area contributed by atoms with E-state index >= 15 is 0 Å². The van der Waals surface area contributed by atoms with Crippen molar-refractivity contribution in [2.45, 2.75) is 38.6 Å². The summed E-state index contributed by atoms with van der Waals surface area (Å²) in [5, 5.41) is 4.74. The van der Waals surface area contributed by atoms with Crippen molar-refractivity contribution in [3.8, 4) is 0 Å². The second kappa shape index (κ2) is 6.65. The number of rotatable bonds is 2. The van der Waals surface area contributed by atoms with Gasteiger partial charge in [-0.15, -0.1) is 0 Å². The molecule has 0 spiro atoms. The van der Waals surface area contributed by atoms with Crippen LogP contribution < -0.4 is 10.6 Å².